The maximum Gasteiger partial charge on any atom is 0.251 e. The third-order valence-electron chi connectivity index (χ3n) is 4.01. The number of aromatic nitrogens is 2. The van der Waals surface area contributed by atoms with Gasteiger partial charge in [-0.1, -0.05) is 49.0 Å². The second kappa shape index (κ2) is 9.40. The number of carbonyl (C=O) groups excluding carboxylic acids is 1. The molecule has 0 saturated carbocycles. The van der Waals surface area contributed by atoms with Crippen LogP contribution in [0.5, 0.6) is 0 Å². The molecule has 136 valence electrons. The van der Waals surface area contributed by atoms with Crippen LogP contribution in [-0.2, 0) is 5.75 Å². The van der Waals surface area contributed by atoms with Crippen molar-refractivity contribution < 1.29 is 4.79 Å². The quantitative estimate of drug-likeness (QED) is 0.399. The second-order valence-electron chi connectivity index (χ2n) is 6.01. The van der Waals surface area contributed by atoms with Crippen molar-refractivity contribution in [3.63, 3.8) is 0 Å². The molecule has 0 fully saturated rings. The number of hydrogen-bond donors (Lipinski definition) is 3. The molecule has 0 aliphatic rings. The van der Waals surface area contributed by atoms with Crippen LogP contribution in [0.25, 0.3) is 11.0 Å². The molecule has 1 aromatic heterocycles. The van der Waals surface area contributed by atoms with E-state index in [1.54, 1.807) is 11.8 Å². The number of nitrogens with one attached hydrogen (secondary N) is 3. The van der Waals surface area contributed by atoms with Gasteiger partial charge in [0.2, 0.25) is 0 Å². The maximum absolute atomic E-state index is 12.5. The summed E-state index contributed by atoms with van der Waals surface area (Å²) in [5, 5.41) is 7.13. The highest BCUT2D eigenvalue weighted by atomic mass is 32.2. The van der Waals surface area contributed by atoms with Gasteiger partial charge in [-0.25, -0.2) is 4.98 Å². The van der Waals surface area contributed by atoms with Crippen LogP contribution in [0.15, 0.2) is 53.7 Å². The number of nitrogens with zero attached hydrogens (tertiary/aromatic N) is 1. The van der Waals surface area contributed by atoms with Gasteiger partial charge in [0.05, 0.1) is 11.0 Å². The molecule has 0 radical (unpaired) electrons. The molecule has 1 amide bonds. The van der Waals surface area contributed by atoms with Crippen molar-refractivity contribution in [3.05, 3.63) is 59.7 Å². The van der Waals surface area contributed by atoms with Crippen LogP contribution >= 0.6 is 11.8 Å². The van der Waals surface area contributed by atoms with Gasteiger partial charge in [0.25, 0.3) is 5.91 Å². The number of amides is 1. The monoisotopic (exact) mass is 368 g/mol. The summed E-state index contributed by atoms with van der Waals surface area (Å²) < 4.78 is 0. The Bertz CT molecular complexity index is 829. The fourth-order valence-corrected chi connectivity index (χ4v) is 3.56. The van der Waals surface area contributed by atoms with Crippen LogP contribution in [0.4, 0.5) is 0 Å². The number of H-pyrrole nitrogens is 1. The Balaban J connectivity index is 1.60. The number of thioether (sulfide) groups is 1. The molecule has 0 unspecified atom stereocenters. The molecular formula is C20H24N4OS. The topological polar surface area (TPSA) is 69.8 Å². The van der Waals surface area contributed by atoms with E-state index in [0.717, 1.165) is 46.8 Å². The van der Waals surface area contributed by atoms with Gasteiger partial charge in [0, 0.05) is 24.4 Å². The van der Waals surface area contributed by atoms with Crippen molar-refractivity contribution in [1.82, 2.24) is 20.6 Å². The highest BCUT2D eigenvalue weighted by Crippen LogP contribution is 2.24. The Kier molecular flexibility index (Phi) is 6.68. The molecule has 3 N–H and O–H groups in total. The number of fused-ring (bicyclic) bond motifs is 1. The Morgan fingerprint density at radius 3 is 2.73 bits per heavy atom. The number of carbonyl (C=O) groups is 1. The van der Waals surface area contributed by atoms with Crippen molar-refractivity contribution in [2.45, 2.75) is 24.3 Å². The smallest absolute Gasteiger partial charge is 0.251 e. The van der Waals surface area contributed by atoms with Crippen molar-refractivity contribution in [1.29, 1.82) is 0 Å². The Hall–Kier alpha value is -2.31. The van der Waals surface area contributed by atoms with E-state index in [0.29, 0.717) is 12.3 Å². The molecule has 0 aliphatic carbocycles. The van der Waals surface area contributed by atoms with Crippen molar-refractivity contribution >= 4 is 28.7 Å². The molecule has 3 aromatic rings. The predicted molar refractivity (Wildman–Crippen MR) is 108 cm³/mol. The molecule has 0 spiro atoms. The average Bonchev–Trinajstić information content (AvgIpc) is 3.09. The summed E-state index contributed by atoms with van der Waals surface area (Å²) in [7, 11) is 0. The first-order valence-corrected chi connectivity index (χ1v) is 9.91. The number of rotatable bonds is 9. The molecule has 1 heterocycles. The molecule has 6 heteroatoms. The second-order valence-corrected chi connectivity index (χ2v) is 6.97. The largest absolute Gasteiger partial charge is 0.351 e. The van der Waals surface area contributed by atoms with E-state index < -0.39 is 0 Å². The fraction of sp³-hybridized carbons (Fsp3) is 0.300. The van der Waals surface area contributed by atoms with E-state index in [-0.39, 0.29) is 5.91 Å². The molecular weight excluding hydrogens is 344 g/mol. The van der Waals surface area contributed by atoms with E-state index >= 15 is 0 Å². The third kappa shape index (κ3) is 4.86. The summed E-state index contributed by atoms with van der Waals surface area (Å²) in [6.45, 7) is 4.52. The van der Waals surface area contributed by atoms with Crippen LogP contribution < -0.4 is 10.6 Å². The lowest BCUT2D eigenvalue weighted by molar-refractivity contribution is 0.0953. The SMILES string of the molecule is CCCNCCNC(=O)c1ccccc1CSc1nc2ccccc2[nH]1. The van der Waals surface area contributed by atoms with Gasteiger partial charge in [0.15, 0.2) is 5.16 Å². The molecule has 3 rings (SSSR count). The van der Waals surface area contributed by atoms with E-state index in [2.05, 4.69) is 27.5 Å². The van der Waals surface area contributed by atoms with Crippen molar-refractivity contribution in [2.24, 2.45) is 0 Å². The normalized spacial score (nSPS) is 11.0. The molecule has 5 nitrogen and oxygen atoms in total. The lowest BCUT2D eigenvalue weighted by atomic mass is 10.1. The standard InChI is InChI=1S/C20H24N4OS/c1-2-11-21-12-13-22-19(25)16-8-4-3-7-15(16)14-26-20-23-17-9-5-6-10-18(17)24-20/h3-10,21H,2,11-14H2,1H3,(H,22,25)(H,23,24). The van der Waals surface area contributed by atoms with E-state index in [1.807, 2.05) is 48.5 Å². The van der Waals surface area contributed by atoms with Crippen LogP contribution in [0.3, 0.4) is 0 Å². The molecule has 2 aromatic carbocycles. The van der Waals surface area contributed by atoms with Gasteiger partial charge in [0.1, 0.15) is 0 Å². The number of para-hydroxylation sites is 2. The first-order valence-electron chi connectivity index (χ1n) is 8.92. The average molecular weight is 369 g/mol. The zero-order valence-electron chi connectivity index (χ0n) is 14.9. The van der Waals surface area contributed by atoms with Crippen LogP contribution in [-0.4, -0.2) is 35.5 Å². The lowest BCUT2D eigenvalue weighted by Gasteiger charge is -2.10. The summed E-state index contributed by atoms with van der Waals surface area (Å²) in [5.41, 5.74) is 3.73. The number of benzene rings is 2. The van der Waals surface area contributed by atoms with E-state index in [4.69, 9.17) is 0 Å². The van der Waals surface area contributed by atoms with Crippen LogP contribution in [0, 0.1) is 0 Å². The fourth-order valence-electron chi connectivity index (χ4n) is 2.67. The Labute approximate surface area is 158 Å². The predicted octanol–water partition coefficient (Wildman–Crippen LogP) is 3.58. The number of imidazole rings is 1. The summed E-state index contributed by atoms with van der Waals surface area (Å²) >= 11 is 1.61. The highest BCUT2D eigenvalue weighted by molar-refractivity contribution is 7.98. The Morgan fingerprint density at radius 1 is 1.08 bits per heavy atom. The minimum Gasteiger partial charge on any atom is -0.351 e. The van der Waals surface area contributed by atoms with Crippen LogP contribution in [0.2, 0.25) is 0 Å². The molecule has 0 saturated heterocycles. The van der Waals surface area contributed by atoms with Crippen molar-refractivity contribution in [2.75, 3.05) is 19.6 Å². The molecule has 0 aliphatic heterocycles. The van der Waals surface area contributed by atoms with Crippen molar-refractivity contribution in [3.8, 4) is 0 Å². The minimum atomic E-state index is -0.0240. The van der Waals surface area contributed by atoms with E-state index in [9.17, 15) is 4.79 Å². The van der Waals surface area contributed by atoms with Gasteiger partial charge >= 0.3 is 0 Å². The summed E-state index contributed by atoms with van der Waals surface area (Å²) in [5.74, 6) is 0.668. The molecule has 26 heavy (non-hydrogen) atoms. The molecule has 0 bridgehead atoms. The minimum absolute atomic E-state index is 0.0240. The first-order chi connectivity index (χ1) is 12.8. The van der Waals surface area contributed by atoms with Gasteiger partial charge in [-0.3, -0.25) is 4.79 Å². The highest BCUT2D eigenvalue weighted by Gasteiger charge is 2.11. The van der Waals surface area contributed by atoms with Crippen LogP contribution in [0.1, 0.15) is 29.3 Å². The zero-order valence-corrected chi connectivity index (χ0v) is 15.7. The van der Waals surface area contributed by atoms with Gasteiger partial charge in [-0.2, -0.15) is 0 Å². The van der Waals surface area contributed by atoms with Gasteiger partial charge in [-0.05, 0) is 36.7 Å². The maximum atomic E-state index is 12.5. The van der Waals surface area contributed by atoms with E-state index in [1.165, 1.54) is 0 Å². The summed E-state index contributed by atoms with van der Waals surface area (Å²) in [4.78, 5) is 20.4. The summed E-state index contributed by atoms with van der Waals surface area (Å²) in [6.07, 6.45) is 1.09. The number of hydrogen-bond acceptors (Lipinski definition) is 4. The Morgan fingerprint density at radius 2 is 1.88 bits per heavy atom. The van der Waals surface area contributed by atoms with Gasteiger partial charge in [-0.15, -0.1) is 0 Å². The zero-order chi connectivity index (χ0) is 18.2. The first kappa shape index (κ1) is 18.5. The summed E-state index contributed by atoms with van der Waals surface area (Å²) in [6, 6.07) is 15.7. The molecule has 0 atom stereocenters. The number of aromatic amines is 1. The lowest BCUT2D eigenvalue weighted by Crippen LogP contribution is -2.32. The third-order valence-corrected chi connectivity index (χ3v) is 4.93. The van der Waals surface area contributed by atoms with Gasteiger partial charge < -0.3 is 15.6 Å².